The van der Waals surface area contributed by atoms with Gasteiger partial charge in [0.05, 0.1) is 12.6 Å². The van der Waals surface area contributed by atoms with E-state index in [4.69, 9.17) is 4.99 Å². The number of rotatable bonds is 3. The molecular weight excluding hydrogens is 302 g/mol. The van der Waals surface area contributed by atoms with Gasteiger partial charge < -0.3 is 10.7 Å². The zero-order chi connectivity index (χ0) is 16.4. The lowest BCUT2D eigenvalue weighted by Gasteiger charge is -2.29. The number of hydrogen-bond acceptors (Lipinski definition) is 4. The van der Waals surface area contributed by atoms with Crippen LogP contribution >= 0.6 is 0 Å². The van der Waals surface area contributed by atoms with Crippen molar-refractivity contribution in [1.29, 1.82) is 0 Å². The number of aliphatic imine (C=N–C) groups is 2. The van der Waals surface area contributed by atoms with Crippen LogP contribution in [-0.2, 0) is 4.79 Å². The molecule has 128 valence electrons. The minimum Gasteiger partial charge on any atom is -0.353 e. The van der Waals surface area contributed by atoms with Gasteiger partial charge in [-0.3, -0.25) is 14.8 Å². The van der Waals surface area contributed by atoms with E-state index in [2.05, 4.69) is 39.4 Å². The largest absolute Gasteiger partial charge is 0.353 e. The molecule has 1 amide bonds. The average Bonchev–Trinajstić information content (AvgIpc) is 3.42. The van der Waals surface area contributed by atoms with E-state index in [0.29, 0.717) is 6.54 Å². The van der Waals surface area contributed by atoms with Crippen LogP contribution in [0.15, 0.2) is 33.8 Å². The van der Waals surface area contributed by atoms with Crippen LogP contribution in [0.1, 0.15) is 38.5 Å². The van der Waals surface area contributed by atoms with Gasteiger partial charge in [0.2, 0.25) is 5.91 Å². The van der Waals surface area contributed by atoms with Gasteiger partial charge in [-0.15, -0.1) is 0 Å². The Morgan fingerprint density at radius 2 is 2.21 bits per heavy atom. The molecule has 0 bridgehead atoms. The molecule has 0 aromatic heterocycles. The third-order valence-corrected chi connectivity index (χ3v) is 5.06. The number of nitrogens with one attached hydrogen (secondary N) is 3. The smallest absolute Gasteiger partial charge is 0.223 e. The van der Waals surface area contributed by atoms with Gasteiger partial charge in [0, 0.05) is 18.5 Å². The fourth-order valence-electron chi connectivity index (χ4n) is 3.57. The number of hydrazine groups is 1. The van der Waals surface area contributed by atoms with Crippen molar-refractivity contribution < 1.29 is 4.79 Å². The first-order valence-corrected chi connectivity index (χ1v) is 9.07. The second-order valence-corrected chi connectivity index (χ2v) is 7.07. The molecular formula is C18H25N5O. The third kappa shape index (κ3) is 3.59. The minimum absolute atomic E-state index is 0.241. The fraction of sp³-hybridized carbons (Fsp3) is 0.611. The molecule has 3 fully saturated rings. The number of amides is 1. The molecule has 0 aromatic rings. The SMILES string of the molecule is O=C(NC1CCCC(N=C2NNCC3=CC=CCN=C32)C1)C1CC1. The Bertz CT molecular complexity index is 629. The molecule has 2 aliphatic carbocycles. The summed E-state index contributed by atoms with van der Waals surface area (Å²) in [5, 5.41) is 3.22. The van der Waals surface area contributed by atoms with Crippen molar-refractivity contribution in [2.24, 2.45) is 15.9 Å². The average molecular weight is 327 g/mol. The maximum absolute atomic E-state index is 12.0. The summed E-state index contributed by atoms with van der Waals surface area (Å²) >= 11 is 0. The summed E-state index contributed by atoms with van der Waals surface area (Å²) in [6.45, 7) is 1.45. The maximum Gasteiger partial charge on any atom is 0.223 e. The maximum atomic E-state index is 12.0. The second kappa shape index (κ2) is 6.89. The van der Waals surface area contributed by atoms with Gasteiger partial charge in [-0.1, -0.05) is 18.2 Å². The lowest BCUT2D eigenvalue weighted by atomic mass is 9.91. The molecule has 0 radical (unpaired) electrons. The highest BCUT2D eigenvalue weighted by molar-refractivity contribution is 6.48. The quantitative estimate of drug-likeness (QED) is 0.730. The topological polar surface area (TPSA) is 77.9 Å². The Morgan fingerprint density at radius 1 is 1.29 bits per heavy atom. The van der Waals surface area contributed by atoms with Crippen LogP contribution < -0.4 is 16.2 Å². The summed E-state index contributed by atoms with van der Waals surface area (Å²) < 4.78 is 0. The lowest BCUT2D eigenvalue weighted by Crippen LogP contribution is -2.50. The Hall–Kier alpha value is -1.95. The van der Waals surface area contributed by atoms with E-state index in [-0.39, 0.29) is 23.9 Å². The molecule has 2 saturated carbocycles. The van der Waals surface area contributed by atoms with E-state index in [9.17, 15) is 4.79 Å². The zero-order valence-electron chi connectivity index (χ0n) is 13.9. The van der Waals surface area contributed by atoms with E-state index in [1.54, 1.807) is 0 Å². The summed E-state index contributed by atoms with van der Waals surface area (Å²) in [6.07, 6.45) is 12.5. The predicted octanol–water partition coefficient (Wildman–Crippen LogP) is 1.27. The second-order valence-electron chi connectivity index (χ2n) is 7.07. The van der Waals surface area contributed by atoms with Gasteiger partial charge in [-0.05, 0) is 44.1 Å². The van der Waals surface area contributed by atoms with Crippen LogP contribution in [-0.4, -0.2) is 42.6 Å². The van der Waals surface area contributed by atoms with Crippen molar-refractivity contribution in [3.8, 4) is 0 Å². The predicted molar refractivity (Wildman–Crippen MR) is 95.0 cm³/mol. The number of nitrogens with zero attached hydrogens (tertiary/aromatic N) is 2. The van der Waals surface area contributed by atoms with Crippen molar-refractivity contribution in [3.63, 3.8) is 0 Å². The van der Waals surface area contributed by atoms with E-state index < -0.39 is 0 Å². The van der Waals surface area contributed by atoms with Crippen LogP contribution in [0.3, 0.4) is 0 Å². The van der Waals surface area contributed by atoms with Gasteiger partial charge in [0.1, 0.15) is 5.71 Å². The van der Waals surface area contributed by atoms with Gasteiger partial charge >= 0.3 is 0 Å². The summed E-state index contributed by atoms with van der Waals surface area (Å²) in [5.41, 5.74) is 8.53. The molecule has 2 heterocycles. The first-order valence-electron chi connectivity index (χ1n) is 9.07. The minimum atomic E-state index is 0.241. The van der Waals surface area contributed by atoms with Crippen LogP contribution in [0.4, 0.5) is 0 Å². The van der Waals surface area contributed by atoms with Crippen LogP contribution in [0.25, 0.3) is 0 Å². The number of carbonyl (C=O) groups is 1. The summed E-state index contributed by atoms with van der Waals surface area (Å²) in [4.78, 5) is 21.6. The monoisotopic (exact) mass is 327 g/mol. The Balaban J connectivity index is 1.43. The Morgan fingerprint density at radius 3 is 3.08 bits per heavy atom. The van der Waals surface area contributed by atoms with Crippen molar-refractivity contribution in [3.05, 3.63) is 23.8 Å². The molecule has 0 aromatic carbocycles. The Kier molecular flexibility index (Phi) is 4.47. The third-order valence-electron chi connectivity index (χ3n) is 5.06. The fourth-order valence-corrected chi connectivity index (χ4v) is 3.57. The molecule has 6 heteroatoms. The molecule has 2 unspecified atom stereocenters. The first kappa shape index (κ1) is 15.6. The zero-order valence-corrected chi connectivity index (χ0v) is 13.9. The van der Waals surface area contributed by atoms with E-state index in [1.165, 1.54) is 5.57 Å². The van der Waals surface area contributed by atoms with Gasteiger partial charge in [0.15, 0.2) is 5.84 Å². The number of fused-ring (bicyclic) bond motifs is 1. The molecule has 1 saturated heterocycles. The standard InChI is InChI=1S/C18H25N5O/c24-18(12-7-8-12)22-15-6-3-5-14(10-15)21-17-16-13(11-20-23-17)4-1-2-9-19-16/h1-2,4,12,14-15,20H,3,5-11H2,(H,21,23)(H,22,24). The number of allylic oxidation sites excluding steroid dienone is 2. The summed E-state index contributed by atoms with van der Waals surface area (Å²) in [7, 11) is 0. The Labute approximate surface area is 142 Å². The normalized spacial score (nSPS) is 31.4. The molecule has 0 spiro atoms. The molecule has 24 heavy (non-hydrogen) atoms. The molecule has 3 N–H and O–H groups in total. The number of carbonyl (C=O) groups excluding carboxylic acids is 1. The first-order chi connectivity index (χ1) is 11.8. The molecule has 2 atom stereocenters. The highest BCUT2D eigenvalue weighted by atomic mass is 16.2. The van der Waals surface area contributed by atoms with Gasteiger partial charge in [0.25, 0.3) is 0 Å². The van der Waals surface area contributed by atoms with Crippen molar-refractivity contribution in [2.45, 2.75) is 50.6 Å². The molecule has 4 aliphatic rings. The summed E-state index contributed by atoms with van der Waals surface area (Å²) in [6, 6.07) is 0.510. The lowest BCUT2D eigenvalue weighted by molar-refractivity contribution is -0.123. The van der Waals surface area contributed by atoms with Crippen LogP contribution in [0.5, 0.6) is 0 Å². The van der Waals surface area contributed by atoms with Gasteiger partial charge in [-0.2, -0.15) is 0 Å². The van der Waals surface area contributed by atoms with Crippen molar-refractivity contribution >= 4 is 17.5 Å². The highest BCUT2D eigenvalue weighted by Crippen LogP contribution is 2.30. The summed E-state index contributed by atoms with van der Waals surface area (Å²) in [5.74, 6) is 1.37. The van der Waals surface area contributed by atoms with Crippen LogP contribution in [0, 0.1) is 5.92 Å². The highest BCUT2D eigenvalue weighted by Gasteiger charge is 2.32. The van der Waals surface area contributed by atoms with E-state index in [1.807, 2.05) is 0 Å². The van der Waals surface area contributed by atoms with E-state index >= 15 is 0 Å². The number of hydrogen-bond donors (Lipinski definition) is 3. The van der Waals surface area contributed by atoms with Gasteiger partial charge in [-0.25, -0.2) is 5.43 Å². The van der Waals surface area contributed by atoms with Crippen molar-refractivity contribution in [2.75, 3.05) is 13.1 Å². The van der Waals surface area contributed by atoms with Crippen LogP contribution in [0.2, 0.25) is 0 Å². The van der Waals surface area contributed by atoms with E-state index in [0.717, 1.165) is 56.6 Å². The number of amidine groups is 1. The molecule has 6 nitrogen and oxygen atoms in total. The van der Waals surface area contributed by atoms with Crippen molar-refractivity contribution in [1.82, 2.24) is 16.2 Å². The molecule has 2 aliphatic heterocycles. The molecule has 4 rings (SSSR count).